The number of H-pyrrole nitrogens is 1. The van der Waals surface area contributed by atoms with Crippen LogP contribution in [-0.4, -0.2) is 86.9 Å². The maximum Gasteiger partial charge on any atom is 0.389 e. The second-order valence-corrected chi connectivity index (χ2v) is 10.5. The first-order chi connectivity index (χ1) is 21.3. The molecule has 0 bridgehead atoms. The summed E-state index contributed by atoms with van der Waals surface area (Å²) in [6, 6.07) is 6.51. The third kappa shape index (κ3) is 7.46. The van der Waals surface area contributed by atoms with Gasteiger partial charge in [-0.05, 0) is 24.3 Å². The Kier molecular flexibility index (Phi) is 8.89. The van der Waals surface area contributed by atoms with Gasteiger partial charge in [-0.2, -0.15) is 13.4 Å². The largest absolute Gasteiger partial charge is 0.503 e. The molecule has 0 unspecified atom stereocenters. The van der Waals surface area contributed by atoms with Gasteiger partial charge in [-0.25, -0.2) is 15.7 Å². The normalized spacial score (nSPS) is 12.2. The Morgan fingerprint density at radius 3 is 2.15 bits per heavy atom. The van der Waals surface area contributed by atoms with Crippen molar-refractivity contribution in [3.63, 3.8) is 0 Å². The minimum Gasteiger partial charge on any atom is -0.503 e. The van der Waals surface area contributed by atoms with Gasteiger partial charge in [0.15, 0.2) is 39.7 Å². The third-order valence-corrected chi connectivity index (χ3v) is 6.66. The molecule has 3 aromatic heterocycles. The first-order valence-electron chi connectivity index (χ1n) is 12.0. The fourth-order valence-electron chi connectivity index (χ4n) is 3.49. The zero-order valence-corrected chi connectivity index (χ0v) is 23.3. The van der Waals surface area contributed by atoms with Gasteiger partial charge < -0.3 is 60.2 Å². The van der Waals surface area contributed by atoms with Crippen molar-refractivity contribution in [1.29, 1.82) is 0 Å². The minimum atomic E-state index is -4.90. The van der Waals surface area contributed by atoms with Crippen LogP contribution in [0.3, 0.4) is 0 Å². The van der Waals surface area contributed by atoms with Crippen molar-refractivity contribution in [1.82, 2.24) is 19.9 Å². The number of aromatic amines is 1. The molecule has 1 aromatic carbocycles. The Balaban J connectivity index is 1.98. The highest BCUT2D eigenvalue weighted by atomic mass is 32.2. The number of aliphatic hydroxyl groups excluding tert-OH is 1. The standard InChI is InChI=1S/C23H23N7O15S/c24-22(37,38)8-5-6-11(26-7-8)46(41,42)30-17-15(43-9-3-1-2-4-10(9)45-23(25,39)40)20(44-21(35)36)28-16(27-17)12-13(31)18(33)29-19(34)14(12)32/h1-7,21,31-32,35-40H,24-25H2,(H,27,28,30)(H2,29,33,34). The van der Waals surface area contributed by atoms with Crippen molar-refractivity contribution in [3.8, 4) is 51.9 Å². The molecule has 0 spiro atoms. The molecule has 22 nitrogen and oxygen atoms in total. The first-order valence-corrected chi connectivity index (χ1v) is 13.5. The van der Waals surface area contributed by atoms with E-state index in [9.17, 15) is 59.2 Å². The lowest BCUT2D eigenvalue weighted by molar-refractivity contribution is -0.287. The van der Waals surface area contributed by atoms with Crippen LogP contribution in [-0.2, 0) is 15.9 Å². The second-order valence-electron chi connectivity index (χ2n) is 8.88. The van der Waals surface area contributed by atoms with Crippen molar-refractivity contribution in [2.45, 2.75) is 23.5 Å². The highest BCUT2D eigenvalue weighted by Crippen LogP contribution is 2.45. The van der Waals surface area contributed by atoms with Gasteiger partial charge in [-0.3, -0.25) is 20.2 Å². The number of aromatic hydroxyl groups is 3. The van der Waals surface area contributed by atoms with Crippen LogP contribution in [0.2, 0.25) is 0 Å². The number of hydrogen-bond acceptors (Lipinski definition) is 20. The highest BCUT2D eigenvalue weighted by Gasteiger charge is 2.31. The van der Waals surface area contributed by atoms with Gasteiger partial charge in [0.2, 0.25) is 17.5 Å². The van der Waals surface area contributed by atoms with E-state index in [4.69, 9.17) is 25.7 Å². The van der Waals surface area contributed by atoms with Gasteiger partial charge >= 0.3 is 12.6 Å². The molecule has 46 heavy (non-hydrogen) atoms. The average Bonchev–Trinajstić information content (AvgIpc) is 2.93. The fourth-order valence-corrected chi connectivity index (χ4v) is 4.43. The molecule has 0 saturated carbocycles. The van der Waals surface area contributed by atoms with Gasteiger partial charge in [-0.1, -0.05) is 12.1 Å². The molecule has 0 saturated heterocycles. The number of anilines is 1. The number of pyridine rings is 2. The number of aromatic nitrogens is 4. The smallest absolute Gasteiger partial charge is 0.389 e. The van der Waals surface area contributed by atoms with Crippen molar-refractivity contribution in [2.24, 2.45) is 11.5 Å². The summed E-state index contributed by atoms with van der Waals surface area (Å²) < 4.78 is 43.8. The summed E-state index contributed by atoms with van der Waals surface area (Å²) in [5, 5.41) is 87.0. The molecular formula is C23H23N7O15S. The van der Waals surface area contributed by atoms with Gasteiger partial charge in [0, 0.05) is 11.8 Å². The molecule has 0 atom stereocenters. The van der Waals surface area contributed by atoms with Crippen LogP contribution in [0.15, 0.2) is 52.4 Å². The summed E-state index contributed by atoms with van der Waals surface area (Å²) in [4.78, 5) is 25.0. The number of hydrogen-bond donors (Lipinski definition) is 13. The quantitative estimate of drug-likeness (QED) is 0.0691. The second kappa shape index (κ2) is 12.2. The molecule has 0 fully saturated rings. The Morgan fingerprint density at radius 1 is 0.935 bits per heavy atom. The van der Waals surface area contributed by atoms with E-state index >= 15 is 0 Å². The van der Waals surface area contributed by atoms with E-state index in [2.05, 4.69) is 15.0 Å². The lowest BCUT2D eigenvalue weighted by Gasteiger charge is -2.21. The van der Waals surface area contributed by atoms with E-state index in [-0.39, 0.29) is 0 Å². The summed E-state index contributed by atoms with van der Waals surface area (Å²) in [7, 11) is -4.90. The molecule has 0 aliphatic heterocycles. The predicted molar refractivity (Wildman–Crippen MR) is 146 cm³/mol. The Labute approximate surface area is 254 Å². The van der Waals surface area contributed by atoms with E-state index in [0.29, 0.717) is 6.20 Å². The van der Waals surface area contributed by atoms with Crippen LogP contribution < -0.4 is 36.0 Å². The van der Waals surface area contributed by atoms with Crippen LogP contribution in [0.5, 0.6) is 40.5 Å². The van der Waals surface area contributed by atoms with Crippen molar-refractivity contribution in [3.05, 3.63) is 58.5 Å². The highest BCUT2D eigenvalue weighted by molar-refractivity contribution is 7.92. The van der Waals surface area contributed by atoms with E-state index in [0.717, 1.165) is 24.3 Å². The molecule has 0 radical (unpaired) electrons. The molecular weight excluding hydrogens is 646 g/mol. The summed E-state index contributed by atoms with van der Waals surface area (Å²) in [6.45, 7) is -2.72. The number of nitrogens with zero attached hydrogens (tertiary/aromatic N) is 3. The number of para-hydroxylation sites is 2. The molecule has 0 aliphatic rings. The van der Waals surface area contributed by atoms with Crippen molar-refractivity contribution >= 4 is 15.8 Å². The predicted octanol–water partition coefficient (Wildman–Crippen LogP) is -3.43. The van der Waals surface area contributed by atoms with Crippen molar-refractivity contribution < 1.29 is 68.6 Å². The monoisotopic (exact) mass is 669 g/mol. The third-order valence-electron chi connectivity index (χ3n) is 5.41. The number of sulfonamides is 1. The van der Waals surface area contributed by atoms with Crippen LogP contribution >= 0.6 is 0 Å². The number of aliphatic hydroxyl groups is 6. The molecule has 15 N–H and O–H groups in total. The average molecular weight is 670 g/mol. The number of nitrogens with two attached hydrogens (primary N) is 2. The summed E-state index contributed by atoms with van der Waals surface area (Å²) in [5.74, 6) is -11.6. The maximum atomic E-state index is 13.4. The lowest BCUT2D eigenvalue weighted by atomic mass is 10.2. The van der Waals surface area contributed by atoms with E-state index in [1.165, 1.54) is 12.1 Å². The zero-order chi connectivity index (χ0) is 34.2. The van der Waals surface area contributed by atoms with Crippen LogP contribution in [0.25, 0.3) is 11.4 Å². The number of nitrogens with one attached hydrogen (secondary N) is 2. The topological polar surface area (TPSA) is 380 Å². The SMILES string of the molecule is NC(O)(O)Oc1ccccc1Oc1c(NS(=O)(=O)c2ccc(C(N)(O)O)cn2)nc(-c2c(O)c(O)[nH]c(=O)c2O)nc1OC(O)O. The van der Waals surface area contributed by atoms with E-state index in [1.54, 1.807) is 4.98 Å². The summed E-state index contributed by atoms with van der Waals surface area (Å²) in [5.41, 5.74) is 7.40. The molecule has 4 rings (SSSR count). The van der Waals surface area contributed by atoms with Gasteiger partial charge in [-0.15, -0.1) is 0 Å². The van der Waals surface area contributed by atoms with Gasteiger partial charge in [0.1, 0.15) is 5.56 Å². The molecule has 4 aromatic rings. The Bertz CT molecular complexity index is 1920. The van der Waals surface area contributed by atoms with E-state index in [1.807, 2.05) is 4.72 Å². The summed E-state index contributed by atoms with van der Waals surface area (Å²) >= 11 is 0. The first kappa shape index (κ1) is 33.5. The molecule has 3 heterocycles. The molecule has 0 amide bonds. The van der Waals surface area contributed by atoms with E-state index < -0.39 is 102 Å². The Morgan fingerprint density at radius 2 is 1.59 bits per heavy atom. The number of rotatable bonds is 11. The molecule has 246 valence electrons. The molecule has 23 heteroatoms. The number of ether oxygens (including phenoxy) is 3. The van der Waals surface area contributed by atoms with Gasteiger partial charge in [0.05, 0.1) is 0 Å². The lowest BCUT2D eigenvalue weighted by Crippen LogP contribution is -2.45. The Hall–Kier alpha value is -5.37. The van der Waals surface area contributed by atoms with Crippen LogP contribution in [0.1, 0.15) is 5.56 Å². The maximum absolute atomic E-state index is 13.4. The fraction of sp³-hybridized carbons (Fsp3) is 0.130. The van der Waals surface area contributed by atoms with Crippen LogP contribution in [0.4, 0.5) is 5.82 Å². The number of benzene rings is 1. The van der Waals surface area contributed by atoms with Crippen LogP contribution in [0, 0.1) is 0 Å². The summed E-state index contributed by atoms with van der Waals surface area (Å²) in [6.07, 6.45) is -2.57. The molecule has 0 aliphatic carbocycles. The van der Waals surface area contributed by atoms with Gasteiger partial charge in [0.25, 0.3) is 21.5 Å². The van der Waals surface area contributed by atoms with Crippen molar-refractivity contribution in [2.75, 3.05) is 4.72 Å². The minimum absolute atomic E-state index is 0.423. The zero-order valence-electron chi connectivity index (χ0n) is 22.5.